The SMILES string of the molecule is O=CCC(=O)OC1CC(O)C(CC(=O)O)C1. The van der Waals surface area contributed by atoms with E-state index >= 15 is 0 Å². The Bertz CT molecular complexity index is 287. The zero-order valence-electron chi connectivity index (χ0n) is 8.67. The predicted molar refractivity (Wildman–Crippen MR) is 51.5 cm³/mol. The Morgan fingerprint density at radius 3 is 2.62 bits per heavy atom. The maximum absolute atomic E-state index is 11.0. The van der Waals surface area contributed by atoms with Crippen molar-refractivity contribution in [2.75, 3.05) is 0 Å². The molecule has 1 fully saturated rings. The topological polar surface area (TPSA) is 101 Å². The molecule has 0 radical (unpaired) electrons. The first-order chi connectivity index (χ1) is 7.52. The molecule has 3 unspecified atom stereocenters. The third kappa shape index (κ3) is 3.62. The van der Waals surface area contributed by atoms with Gasteiger partial charge < -0.3 is 19.7 Å². The number of ether oxygens (including phenoxy) is 1. The molecular formula is C10H14O6. The summed E-state index contributed by atoms with van der Waals surface area (Å²) in [5.74, 6) is -2.00. The van der Waals surface area contributed by atoms with Crippen molar-refractivity contribution in [1.82, 2.24) is 0 Å². The molecule has 2 N–H and O–H groups in total. The molecule has 16 heavy (non-hydrogen) atoms. The number of aliphatic hydroxyl groups is 1. The van der Waals surface area contributed by atoms with Crippen molar-refractivity contribution >= 4 is 18.2 Å². The summed E-state index contributed by atoms with van der Waals surface area (Å²) in [4.78, 5) is 31.5. The molecule has 0 aromatic heterocycles. The van der Waals surface area contributed by atoms with Gasteiger partial charge in [0.2, 0.25) is 0 Å². The van der Waals surface area contributed by atoms with Gasteiger partial charge in [-0.3, -0.25) is 9.59 Å². The quantitative estimate of drug-likeness (QED) is 0.383. The molecule has 90 valence electrons. The van der Waals surface area contributed by atoms with Gasteiger partial charge in [-0.1, -0.05) is 0 Å². The van der Waals surface area contributed by atoms with Gasteiger partial charge in [-0.25, -0.2) is 0 Å². The monoisotopic (exact) mass is 230 g/mol. The molecular weight excluding hydrogens is 216 g/mol. The number of esters is 1. The lowest BCUT2D eigenvalue weighted by Gasteiger charge is -2.10. The van der Waals surface area contributed by atoms with Crippen molar-refractivity contribution in [1.29, 1.82) is 0 Å². The van der Waals surface area contributed by atoms with Gasteiger partial charge in [0.05, 0.1) is 12.5 Å². The van der Waals surface area contributed by atoms with Crippen LogP contribution in [0.5, 0.6) is 0 Å². The molecule has 0 aliphatic heterocycles. The van der Waals surface area contributed by atoms with Gasteiger partial charge in [-0.2, -0.15) is 0 Å². The lowest BCUT2D eigenvalue weighted by molar-refractivity contribution is -0.149. The highest BCUT2D eigenvalue weighted by molar-refractivity contribution is 5.83. The number of aliphatic carboxylic acids is 1. The zero-order valence-corrected chi connectivity index (χ0v) is 8.67. The molecule has 0 saturated heterocycles. The summed E-state index contributed by atoms with van der Waals surface area (Å²) in [6.07, 6.45) is -0.667. The molecule has 0 amide bonds. The van der Waals surface area contributed by atoms with E-state index < -0.39 is 24.1 Å². The number of carbonyl (C=O) groups is 3. The van der Waals surface area contributed by atoms with Crippen LogP contribution in [0.3, 0.4) is 0 Å². The van der Waals surface area contributed by atoms with Gasteiger partial charge in [0.1, 0.15) is 18.8 Å². The van der Waals surface area contributed by atoms with Crippen LogP contribution in [0.2, 0.25) is 0 Å². The normalized spacial score (nSPS) is 28.7. The summed E-state index contributed by atoms with van der Waals surface area (Å²) < 4.78 is 4.91. The summed E-state index contributed by atoms with van der Waals surface area (Å²) in [5.41, 5.74) is 0. The fourth-order valence-electron chi connectivity index (χ4n) is 1.89. The minimum absolute atomic E-state index is 0.136. The molecule has 1 saturated carbocycles. The number of rotatable bonds is 5. The van der Waals surface area contributed by atoms with E-state index in [1.54, 1.807) is 0 Å². The number of aldehydes is 1. The molecule has 6 heteroatoms. The van der Waals surface area contributed by atoms with Gasteiger partial charge in [0, 0.05) is 6.42 Å². The Hall–Kier alpha value is -1.43. The van der Waals surface area contributed by atoms with Crippen molar-refractivity contribution in [3.8, 4) is 0 Å². The van der Waals surface area contributed by atoms with Gasteiger partial charge in [-0.05, 0) is 12.3 Å². The number of aliphatic hydroxyl groups excluding tert-OH is 1. The van der Waals surface area contributed by atoms with Crippen molar-refractivity contribution in [2.24, 2.45) is 5.92 Å². The summed E-state index contributed by atoms with van der Waals surface area (Å²) in [7, 11) is 0. The van der Waals surface area contributed by atoms with Crippen LogP contribution in [-0.4, -0.2) is 40.6 Å². The van der Waals surface area contributed by atoms with Crippen molar-refractivity contribution < 1.29 is 29.3 Å². The van der Waals surface area contributed by atoms with E-state index in [1.807, 2.05) is 0 Å². The van der Waals surface area contributed by atoms with Crippen LogP contribution >= 0.6 is 0 Å². The van der Waals surface area contributed by atoms with E-state index in [1.165, 1.54) is 0 Å². The standard InChI is InChI=1S/C10H14O6/c11-2-1-10(15)16-7-3-6(4-9(13)14)8(12)5-7/h2,6-8,12H,1,3-5H2,(H,13,14). The van der Waals surface area contributed by atoms with E-state index in [4.69, 9.17) is 9.84 Å². The van der Waals surface area contributed by atoms with Gasteiger partial charge in [0.25, 0.3) is 0 Å². The molecule has 0 spiro atoms. The second kappa shape index (κ2) is 5.60. The highest BCUT2D eigenvalue weighted by Gasteiger charge is 2.36. The molecule has 1 aliphatic carbocycles. The van der Waals surface area contributed by atoms with Crippen LogP contribution in [0.25, 0.3) is 0 Å². The average molecular weight is 230 g/mol. The largest absolute Gasteiger partial charge is 0.481 e. The summed E-state index contributed by atoms with van der Waals surface area (Å²) >= 11 is 0. The summed E-state index contributed by atoms with van der Waals surface area (Å²) in [6, 6.07) is 0. The second-order valence-corrected chi connectivity index (χ2v) is 3.88. The van der Waals surface area contributed by atoms with Crippen LogP contribution in [-0.2, 0) is 19.1 Å². The predicted octanol–water partition coefficient (Wildman–Crippen LogP) is -0.267. The van der Waals surface area contributed by atoms with Crippen LogP contribution in [0.15, 0.2) is 0 Å². The molecule has 0 aromatic rings. The Labute approximate surface area is 92.2 Å². The smallest absolute Gasteiger partial charge is 0.313 e. The highest BCUT2D eigenvalue weighted by Crippen LogP contribution is 2.30. The second-order valence-electron chi connectivity index (χ2n) is 3.88. The maximum Gasteiger partial charge on any atom is 0.313 e. The number of hydrogen-bond acceptors (Lipinski definition) is 5. The van der Waals surface area contributed by atoms with E-state index in [2.05, 4.69) is 0 Å². The third-order valence-electron chi connectivity index (χ3n) is 2.60. The fraction of sp³-hybridized carbons (Fsp3) is 0.700. The van der Waals surface area contributed by atoms with Crippen molar-refractivity contribution in [3.63, 3.8) is 0 Å². The Kier molecular flexibility index (Phi) is 4.42. The first-order valence-corrected chi connectivity index (χ1v) is 5.06. The van der Waals surface area contributed by atoms with E-state index in [0.717, 1.165) is 0 Å². The number of hydrogen-bond donors (Lipinski definition) is 2. The van der Waals surface area contributed by atoms with Crippen molar-refractivity contribution in [3.05, 3.63) is 0 Å². The number of carboxylic acids is 1. The van der Waals surface area contributed by atoms with Crippen LogP contribution in [0.4, 0.5) is 0 Å². The summed E-state index contributed by atoms with van der Waals surface area (Å²) in [6.45, 7) is 0. The van der Waals surface area contributed by atoms with Crippen LogP contribution in [0, 0.1) is 5.92 Å². The van der Waals surface area contributed by atoms with E-state index in [0.29, 0.717) is 12.7 Å². The number of carbonyl (C=O) groups excluding carboxylic acids is 2. The lowest BCUT2D eigenvalue weighted by Crippen LogP contribution is -2.16. The van der Waals surface area contributed by atoms with Gasteiger partial charge >= 0.3 is 11.9 Å². The Balaban J connectivity index is 2.40. The van der Waals surface area contributed by atoms with Crippen LogP contribution in [0.1, 0.15) is 25.7 Å². The summed E-state index contributed by atoms with van der Waals surface area (Å²) in [5, 5.41) is 18.1. The maximum atomic E-state index is 11.0. The molecule has 6 nitrogen and oxygen atoms in total. The lowest BCUT2D eigenvalue weighted by atomic mass is 10.0. The van der Waals surface area contributed by atoms with Crippen molar-refractivity contribution in [2.45, 2.75) is 37.9 Å². The fourth-order valence-corrected chi connectivity index (χ4v) is 1.89. The highest BCUT2D eigenvalue weighted by atomic mass is 16.5. The minimum Gasteiger partial charge on any atom is -0.481 e. The average Bonchev–Trinajstić information content (AvgIpc) is 2.45. The minimum atomic E-state index is -0.982. The van der Waals surface area contributed by atoms with Gasteiger partial charge in [-0.15, -0.1) is 0 Å². The van der Waals surface area contributed by atoms with Crippen LogP contribution < -0.4 is 0 Å². The molecule has 1 aliphatic rings. The first-order valence-electron chi connectivity index (χ1n) is 5.06. The molecule has 0 heterocycles. The third-order valence-corrected chi connectivity index (χ3v) is 2.60. The zero-order chi connectivity index (χ0) is 12.1. The Morgan fingerprint density at radius 1 is 1.38 bits per heavy atom. The number of carboxylic acid groups (broad SMARTS) is 1. The first kappa shape index (κ1) is 12.6. The van der Waals surface area contributed by atoms with E-state index in [9.17, 15) is 19.5 Å². The molecule has 1 rings (SSSR count). The van der Waals surface area contributed by atoms with E-state index in [-0.39, 0.29) is 25.2 Å². The molecule has 0 bridgehead atoms. The van der Waals surface area contributed by atoms with Gasteiger partial charge in [0.15, 0.2) is 0 Å². The molecule has 3 atom stereocenters. The molecule has 0 aromatic carbocycles. The Morgan fingerprint density at radius 2 is 2.06 bits per heavy atom.